The number of ether oxygens (including phenoxy) is 2. The normalized spacial score (nSPS) is 15.2. The number of rotatable bonds is 4. The zero-order chi connectivity index (χ0) is 25.2. The number of benzene rings is 2. The van der Waals surface area contributed by atoms with Gasteiger partial charge < -0.3 is 14.8 Å². The second-order valence-corrected chi connectivity index (χ2v) is 8.51. The van der Waals surface area contributed by atoms with Crippen molar-refractivity contribution in [3.8, 4) is 23.3 Å². The number of carbonyl (C=O) groups is 1. The van der Waals surface area contributed by atoms with E-state index >= 15 is 0 Å². The number of fused-ring (bicyclic) bond motifs is 1. The molecule has 0 bridgehead atoms. The molecule has 2 aromatic carbocycles. The number of nitrogens with one attached hydrogen (secondary N) is 1. The Morgan fingerprint density at radius 3 is 2.46 bits per heavy atom. The van der Waals surface area contributed by atoms with Crippen molar-refractivity contribution < 1.29 is 27.4 Å². The summed E-state index contributed by atoms with van der Waals surface area (Å²) in [5.74, 6) is 5.70. The molecule has 0 fully saturated rings. The van der Waals surface area contributed by atoms with Gasteiger partial charge in [0.1, 0.15) is 11.4 Å². The minimum atomic E-state index is -4.75. The van der Waals surface area contributed by atoms with Gasteiger partial charge in [-0.05, 0) is 75.2 Å². The van der Waals surface area contributed by atoms with Crippen molar-refractivity contribution in [3.63, 3.8) is 0 Å². The van der Waals surface area contributed by atoms with Gasteiger partial charge in [-0.3, -0.25) is 4.79 Å². The Morgan fingerprint density at radius 2 is 1.83 bits per heavy atom. The van der Waals surface area contributed by atoms with E-state index in [0.717, 1.165) is 11.3 Å². The Hall–Kier alpha value is -3.77. The molecule has 1 amide bonds. The van der Waals surface area contributed by atoms with Gasteiger partial charge in [-0.15, -0.1) is 13.2 Å². The molecular formula is C26H24F3N3O3. The number of aromatic nitrogens is 2. The second kappa shape index (κ2) is 9.84. The number of amides is 1. The van der Waals surface area contributed by atoms with E-state index in [-0.39, 0.29) is 23.8 Å². The summed E-state index contributed by atoms with van der Waals surface area (Å²) in [6, 6.07) is 12.5. The Morgan fingerprint density at radius 1 is 1.14 bits per heavy atom. The summed E-state index contributed by atoms with van der Waals surface area (Å²) in [6.07, 6.45) is -4.20. The van der Waals surface area contributed by atoms with Gasteiger partial charge in [0.2, 0.25) is 0 Å². The van der Waals surface area contributed by atoms with Crippen LogP contribution in [0.25, 0.3) is 5.69 Å². The van der Waals surface area contributed by atoms with Gasteiger partial charge in [0.25, 0.3) is 5.91 Å². The quantitative estimate of drug-likeness (QED) is 0.543. The van der Waals surface area contributed by atoms with Crippen LogP contribution in [-0.4, -0.2) is 34.2 Å². The van der Waals surface area contributed by atoms with Crippen LogP contribution in [0, 0.1) is 11.8 Å². The largest absolute Gasteiger partial charge is 0.573 e. The van der Waals surface area contributed by atoms with Crippen LogP contribution in [0.5, 0.6) is 5.75 Å². The van der Waals surface area contributed by atoms with E-state index in [4.69, 9.17) is 4.74 Å². The van der Waals surface area contributed by atoms with Gasteiger partial charge in [0.05, 0.1) is 24.1 Å². The standard InChI is InChI=1S/C26H24F3N3O3/c1-16(2)30-25(33)19-7-4-18(5-8-19)6-13-23-22-15-34-17(3)14-24(22)32(31-23)20-9-11-21(12-10-20)35-26(27,28)29/h4-5,7-12,16-17H,14-15H2,1-3H3,(H,30,33)/t17-/m0/s1. The third kappa shape index (κ3) is 6.03. The molecule has 1 aliphatic heterocycles. The third-order valence-electron chi connectivity index (χ3n) is 5.29. The maximum Gasteiger partial charge on any atom is 0.573 e. The highest BCUT2D eigenvalue weighted by Gasteiger charge is 2.31. The Kier molecular flexibility index (Phi) is 6.85. The first-order valence-corrected chi connectivity index (χ1v) is 11.1. The second-order valence-electron chi connectivity index (χ2n) is 8.51. The first-order chi connectivity index (χ1) is 16.6. The fourth-order valence-corrected chi connectivity index (χ4v) is 3.69. The average Bonchev–Trinajstić information content (AvgIpc) is 3.14. The summed E-state index contributed by atoms with van der Waals surface area (Å²) in [7, 11) is 0. The molecule has 182 valence electrons. The lowest BCUT2D eigenvalue weighted by molar-refractivity contribution is -0.274. The van der Waals surface area contributed by atoms with Crippen LogP contribution in [0.4, 0.5) is 13.2 Å². The predicted molar refractivity (Wildman–Crippen MR) is 123 cm³/mol. The van der Waals surface area contributed by atoms with E-state index in [0.29, 0.717) is 35.5 Å². The zero-order valence-electron chi connectivity index (χ0n) is 19.4. The number of alkyl halides is 3. The summed E-state index contributed by atoms with van der Waals surface area (Å²) in [5.41, 5.74) is 4.14. The topological polar surface area (TPSA) is 65.4 Å². The Labute approximate surface area is 201 Å². The molecule has 3 aromatic rings. The Bertz CT molecular complexity index is 1270. The predicted octanol–water partition coefficient (Wildman–Crippen LogP) is 4.77. The third-order valence-corrected chi connectivity index (χ3v) is 5.29. The number of carbonyl (C=O) groups excluding carboxylic acids is 1. The molecule has 4 rings (SSSR count). The molecule has 0 unspecified atom stereocenters. The van der Waals surface area contributed by atoms with Crippen LogP contribution in [0.15, 0.2) is 48.5 Å². The molecule has 0 aliphatic carbocycles. The van der Waals surface area contributed by atoms with Crippen molar-refractivity contribution >= 4 is 5.91 Å². The van der Waals surface area contributed by atoms with Crippen molar-refractivity contribution in [2.24, 2.45) is 0 Å². The van der Waals surface area contributed by atoms with Gasteiger partial charge in [-0.2, -0.15) is 5.10 Å². The van der Waals surface area contributed by atoms with E-state index in [1.807, 2.05) is 20.8 Å². The first kappa shape index (κ1) is 24.4. The molecule has 2 heterocycles. The van der Waals surface area contributed by atoms with Crippen LogP contribution in [0.1, 0.15) is 53.6 Å². The van der Waals surface area contributed by atoms with Crippen LogP contribution in [0.3, 0.4) is 0 Å². The minimum Gasteiger partial charge on any atom is -0.406 e. The summed E-state index contributed by atoms with van der Waals surface area (Å²) in [6.45, 7) is 6.08. The summed E-state index contributed by atoms with van der Waals surface area (Å²) in [4.78, 5) is 12.1. The van der Waals surface area contributed by atoms with Crippen molar-refractivity contribution in [1.82, 2.24) is 15.1 Å². The van der Waals surface area contributed by atoms with Crippen LogP contribution < -0.4 is 10.1 Å². The smallest absolute Gasteiger partial charge is 0.406 e. The van der Waals surface area contributed by atoms with Crippen molar-refractivity contribution in [2.45, 2.75) is 52.3 Å². The van der Waals surface area contributed by atoms with Gasteiger partial charge >= 0.3 is 6.36 Å². The van der Waals surface area contributed by atoms with Gasteiger partial charge in [0, 0.05) is 29.2 Å². The minimum absolute atomic E-state index is 0.0314. The molecular weight excluding hydrogens is 459 g/mol. The molecule has 6 nitrogen and oxygen atoms in total. The average molecular weight is 483 g/mol. The number of hydrogen-bond donors (Lipinski definition) is 1. The van der Waals surface area contributed by atoms with Crippen LogP contribution >= 0.6 is 0 Å². The van der Waals surface area contributed by atoms with Gasteiger partial charge in [0.15, 0.2) is 0 Å². The van der Waals surface area contributed by atoms with Crippen LogP contribution in [0.2, 0.25) is 0 Å². The van der Waals surface area contributed by atoms with E-state index in [2.05, 4.69) is 27.0 Å². The number of hydrogen-bond acceptors (Lipinski definition) is 4. The lowest BCUT2D eigenvalue weighted by Gasteiger charge is -2.20. The monoisotopic (exact) mass is 483 g/mol. The highest BCUT2D eigenvalue weighted by molar-refractivity contribution is 5.94. The van der Waals surface area contributed by atoms with E-state index < -0.39 is 6.36 Å². The molecule has 0 spiro atoms. The maximum atomic E-state index is 12.5. The summed E-state index contributed by atoms with van der Waals surface area (Å²) >= 11 is 0. The number of halogens is 3. The lowest BCUT2D eigenvalue weighted by Crippen LogP contribution is -2.29. The van der Waals surface area contributed by atoms with E-state index in [1.165, 1.54) is 24.3 Å². The molecule has 35 heavy (non-hydrogen) atoms. The Balaban J connectivity index is 1.61. The molecule has 1 aliphatic rings. The lowest BCUT2D eigenvalue weighted by atomic mass is 10.0. The summed E-state index contributed by atoms with van der Waals surface area (Å²) < 4.78 is 48.9. The van der Waals surface area contributed by atoms with Crippen molar-refractivity contribution in [3.05, 3.63) is 76.6 Å². The highest BCUT2D eigenvalue weighted by atomic mass is 19.4. The fraction of sp³-hybridized carbons (Fsp3) is 0.308. The molecule has 0 radical (unpaired) electrons. The molecule has 0 saturated carbocycles. The number of nitrogens with zero attached hydrogens (tertiary/aromatic N) is 2. The molecule has 9 heteroatoms. The molecule has 0 saturated heterocycles. The maximum absolute atomic E-state index is 12.5. The SMILES string of the molecule is CC(C)NC(=O)c1ccc(C#Cc2nn(-c3ccc(OC(F)(F)F)cc3)c3c2CO[C@@H](C)C3)cc1. The van der Waals surface area contributed by atoms with Crippen molar-refractivity contribution in [1.29, 1.82) is 0 Å². The van der Waals surface area contributed by atoms with Gasteiger partial charge in [-0.1, -0.05) is 5.92 Å². The fourth-order valence-electron chi connectivity index (χ4n) is 3.69. The van der Waals surface area contributed by atoms with E-state index in [1.54, 1.807) is 28.9 Å². The van der Waals surface area contributed by atoms with Gasteiger partial charge in [-0.25, -0.2) is 4.68 Å². The molecule has 1 aromatic heterocycles. The summed E-state index contributed by atoms with van der Waals surface area (Å²) in [5, 5.41) is 7.47. The zero-order valence-corrected chi connectivity index (χ0v) is 19.4. The van der Waals surface area contributed by atoms with Crippen LogP contribution in [-0.2, 0) is 17.8 Å². The molecule has 1 atom stereocenters. The first-order valence-electron chi connectivity index (χ1n) is 11.1. The molecule has 1 N–H and O–H groups in total. The highest BCUT2D eigenvalue weighted by Crippen LogP contribution is 2.28. The van der Waals surface area contributed by atoms with Crippen molar-refractivity contribution in [2.75, 3.05) is 0 Å². The van der Waals surface area contributed by atoms with E-state index in [9.17, 15) is 18.0 Å².